The van der Waals surface area contributed by atoms with Crippen LogP contribution in [0.5, 0.6) is 0 Å². The molecule has 3 rings (SSSR count). The molecule has 0 spiro atoms. The number of carbonyl (C=O) groups excluding carboxylic acids is 3. The number of methoxy groups -OCH3 is 1. The Morgan fingerprint density at radius 1 is 1.19 bits per heavy atom. The van der Waals surface area contributed by atoms with Crippen molar-refractivity contribution in [2.24, 2.45) is 0 Å². The van der Waals surface area contributed by atoms with Gasteiger partial charge in [-0.3, -0.25) is 14.4 Å². The summed E-state index contributed by atoms with van der Waals surface area (Å²) in [4.78, 5) is 39.5. The number of benzene rings is 1. The highest BCUT2D eigenvalue weighted by molar-refractivity contribution is 6.36. The zero-order chi connectivity index (χ0) is 22.5. The molecule has 7 nitrogen and oxygen atoms in total. The van der Waals surface area contributed by atoms with Gasteiger partial charge in [-0.2, -0.15) is 0 Å². The lowest BCUT2D eigenvalue weighted by Gasteiger charge is -2.06. The Kier molecular flexibility index (Phi) is 7.17. The van der Waals surface area contributed by atoms with E-state index in [2.05, 4.69) is 20.4 Å². The second-order valence-electron chi connectivity index (χ2n) is 7.51. The number of unbranched alkanes of at least 4 members (excludes halogenated alkanes) is 2. The standard InChI is InChI=1S/C23H26ClN3O4/c1-13-19(12-17-16-11-15(24)8-9-18(16)27-22(17)29)26-14(2)21(13)23(30)25-10-6-4-5-7-20(28)31-3/h8-9,11-12,26H,4-7,10H2,1-3H3,(H,25,30)(H,27,29)/b17-12-. The van der Waals surface area contributed by atoms with Gasteiger partial charge in [-0.05, 0) is 56.5 Å². The molecule has 31 heavy (non-hydrogen) atoms. The van der Waals surface area contributed by atoms with E-state index < -0.39 is 0 Å². The molecule has 0 bridgehead atoms. The molecular weight excluding hydrogens is 418 g/mol. The van der Waals surface area contributed by atoms with Crippen molar-refractivity contribution in [3.05, 3.63) is 51.3 Å². The van der Waals surface area contributed by atoms with Gasteiger partial charge in [0.25, 0.3) is 11.8 Å². The maximum absolute atomic E-state index is 12.7. The van der Waals surface area contributed by atoms with Gasteiger partial charge in [-0.1, -0.05) is 18.0 Å². The number of aromatic nitrogens is 1. The molecule has 0 radical (unpaired) electrons. The van der Waals surface area contributed by atoms with Gasteiger partial charge in [0.05, 0.1) is 18.2 Å². The fraction of sp³-hybridized carbons (Fsp3) is 0.348. The fourth-order valence-corrected chi connectivity index (χ4v) is 3.84. The van der Waals surface area contributed by atoms with E-state index in [-0.39, 0.29) is 17.8 Å². The number of H-pyrrole nitrogens is 1. The average molecular weight is 444 g/mol. The van der Waals surface area contributed by atoms with Crippen molar-refractivity contribution in [1.29, 1.82) is 0 Å². The molecule has 3 N–H and O–H groups in total. The van der Waals surface area contributed by atoms with Crippen molar-refractivity contribution in [2.45, 2.75) is 39.5 Å². The van der Waals surface area contributed by atoms with Crippen LogP contribution in [0.4, 0.5) is 5.69 Å². The van der Waals surface area contributed by atoms with Crippen LogP contribution in [0.15, 0.2) is 18.2 Å². The normalized spacial score (nSPS) is 13.8. The summed E-state index contributed by atoms with van der Waals surface area (Å²) in [5.41, 5.74) is 4.74. The van der Waals surface area contributed by atoms with Crippen molar-refractivity contribution < 1.29 is 19.1 Å². The Morgan fingerprint density at radius 2 is 1.97 bits per heavy atom. The first-order valence-corrected chi connectivity index (χ1v) is 10.6. The molecule has 2 aromatic rings. The Morgan fingerprint density at radius 3 is 2.71 bits per heavy atom. The Hall–Kier alpha value is -3.06. The van der Waals surface area contributed by atoms with Gasteiger partial charge in [0.2, 0.25) is 0 Å². The maximum atomic E-state index is 12.7. The molecule has 0 saturated heterocycles. The van der Waals surface area contributed by atoms with E-state index in [0.717, 1.165) is 36.1 Å². The largest absolute Gasteiger partial charge is 0.469 e. The summed E-state index contributed by atoms with van der Waals surface area (Å²) < 4.78 is 4.61. The number of carbonyl (C=O) groups is 3. The number of halogens is 1. The molecule has 0 saturated carbocycles. The van der Waals surface area contributed by atoms with Gasteiger partial charge in [-0.15, -0.1) is 0 Å². The highest BCUT2D eigenvalue weighted by Gasteiger charge is 2.25. The number of fused-ring (bicyclic) bond motifs is 1. The highest BCUT2D eigenvalue weighted by atomic mass is 35.5. The van der Waals surface area contributed by atoms with Gasteiger partial charge in [0.15, 0.2) is 0 Å². The van der Waals surface area contributed by atoms with E-state index in [4.69, 9.17) is 11.6 Å². The highest BCUT2D eigenvalue weighted by Crippen LogP contribution is 2.35. The monoisotopic (exact) mass is 443 g/mol. The van der Waals surface area contributed by atoms with E-state index in [1.54, 1.807) is 24.3 Å². The molecule has 0 atom stereocenters. The smallest absolute Gasteiger partial charge is 0.305 e. The van der Waals surface area contributed by atoms with Crippen molar-refractivity contribution in [2.75, 3.05) is 19.0 Å². The van der Waals surface area contributed by atoms with Gasteiger partial charge < -0.3 is 20.4 Å². The second-order valence-corrected chi connectivity index (χ2v) is 7.94. The number of rotatable bonds is 8. The maximum Gasteiger partial charge on any atom is 0.305 e. The number of anilines is 1. The van der Waals surface area contributed by atoms with Gasteiger partial charge in [0, 0.05) is 40.6 Å². The number of esters is 1. The molecule has 1 aliphatic heterocycles. The lowest BCUT2D eigenvalue weighted by molar-refractivity contribution is -0.140. The number of aryl methyl sites for hydroxylation is 1. The second kappa shape index (κ2) is 9.83. The SMILES string of the molecule is COC(=O)CCCCCNC(=O)c1c(C)[nH]c(/C=C2\C(=O)Nc3ccc(Cl)cc32)c1C. The predicted octanol–water partition coefficient (Wildman–Crippen LogP) is 4.24. The van der Waals surface area contributed by atoms with Gasteiger partial charge >= 0.3 is 5.97 Å². The van der Waals surface area contributed by atoms with Crippen LogP contribution < -0.4 is 10.6 Å². The summed E-state index contributed by atoms with van der Waals surface area (Å²) in [5.74, 6) is -0.588. The van der Waals surface area contributed by atoms with Crippen LogP contribution in [-0.2, 0) is 14.3 Å². The number of amides is 2. The summed E-state index contributed by atoms with van der Waals surface area (Å²) in [7, 11) is 1.38. The molecule has 164 valence electrons. The van der Waals surface area contributed by atoms with Gasteiger partial charge in [0.1, 0.15) is 0 Å². The summed E-state index contributed by atoms with van der Waals surface area (Å²) in [5, 5.41) is 6.30. The molecule has 0 unspecified atom stereocenters. The van der Waals surface area contributed by atoms with Crippen LogP contribution in [0.25, 0.3) is 11.6 Å². The zero-order valence-corrected chi connectivity index (χ0v) is 18.6. The van der Waals surface area contributed by atoms with Crippen molar-refractivity contribution in [3.63, 3.8) is 0 Å². The molecular formula is C23H26ClN3O4. The topological polar surface area (TPSA) is 100 Å². The number of ether oxygens (including phenoxy) is 1. The molecule has 0 fully saturated rings. The number of aromatic amines is 1. The Balaban J connectivity index is 1.68. The van der Waals surface area contributed by atoms with Crippen LogP contribution in [-0.4, -0.2) is 36.4 Å². The molecule has 1 aromatic heterocycles. The summed E-state index contributed by atoms with van der Waals surface area (Å²) in [6.45, 7) is 4.21. The van der Waals surface area contributed by atoms with Crippen LogP contribution >= 0.6 is 11.6 Å². The Bertz CT molecular complexity index is 1060. The van der Waals surface area contributed by atoms with E-state index in [1.165, 1.54) is 7.11 Å². The third-order valence-corrected chi connectivity index (χ3v) is 5.56. The summed E-state index contributed by atoms with van der Waals surface area (Å²) >= 11 is 6.09. The molecule has 1 aliphatic rings. The van der Waals surface area contributed by atoms with Crippen molar-refractivity contribution in [1.82, 2.24) is 10.3 Å². The average Bonchev–Trinajstić information content (AvgIpc) is 3.19. The molecule has 8 heteroatoms. The van der Waals surface area contributed by atoms with E-state index in [9.17, 15) is 14.4 Å². The van der Waals surface area contributed by atoms with Crippen LogP contribution in [0.3, 0.4) is 0 Å². The van der Waals surface area contributed by atoms with Gasteiger partial charge in [-0.25, -0.2) is 0 Å². The van der Waals surface area contributed by atoms with E-state index in [0.29, 0.717) is 40.5 Å². The third-order valence-electron chi connectivity index (χ3n) is 5.33. The number of hydrogen-bond acceptors (Lipinski definition) is 4. The first-order chi connectivity index (χ1) is 14.8. The van der Waals surface area contributed by atoms with Crippen molar-refractivity contribution >= 4 is 46.7 Å². The lowest BCUT2D eigenvalue weighted by Crippen LogP contribution is -2.25. The Labute approximate surface area is 186 Å². The third kappa shape index (κ3) is 5.17. The molecule has 0 aliphatic carbocycles. The first-order valence-electron chi connectivity index (χ1n) is 10.2. The minimum absolute atomic E-state index is 0.164. The molecule has 2 heterocycles. The zero-order valence-electron chi connectivity index (χ0n) is 17.9. The minimum Gasteiger partial charge on any atom is -0.469 e. The number of nitrogens with one attached hydrogen (secondary N) is 3. The van der Waals surface area contributed by atoms with E-state index >= 15 is 0 Å². The van der Waals surface area contributed by atoms with Crippen LogP contribution in [0.2, 0.25) is 5.02 Å². The summed E-state index contributed by atoms with van der Waals surface area (Å²) in [6.07, 6.45) is 4.48. The van der Waals surface area contributed by atoms with Crippen molar-refractivity contribution in [3.8, 4) is 0 Å². The first kappa shape index (κ1) is 22.6. The minimum atomic E-state index is -0.218. The lowest BCUT2D eigenvalue weighted by atomic mass is 10.0. The van der Waals surface area contributed by atoms with E-state index in [1.807, 2.05) is 13.8 Å². The fourth-order valence-electron chi connectivity index (χ4n) is 3.67. The predicted molar refractivity (Wildman–Crippen MR) is 121 cm³/mol. The molecule has 2 amide bonds. The molecule has 1 aromatic carbocycles. The number of hydrogen-bond donors (Lipinski definition) is 3. The quantitative estimate of drug-likeness (QED) is 0.322. The van der Waals surface area contributed by atoms with Crippen LogP contribution in [0, 0.1) is 13.8 Å². The summed E-state index contributed by atoms with van der Waals surface area (Å²) in [6, 6.07) is 5.25. The van der Waals surface area contributed by atoms with Crippen LogP contribution in [0.1, 0.15) is 58.6 Å².